The lowest BCUT2D eigenvalue weighted by atomic mass is 9.81. The molecule has 0 aliphatic carbocycles. The van der Waals surface area contributed by atoms with Crippen molar-refractivity contribution in [1.29, 1.82) is 0 Å². The molecule has 1 saturated heterocycles. The van der Waals surface area contributed by atoms with Crippen molar-refractivity contribution in [2.75, 3.05) is 0 Å². The molecule has 4 aromatic rings. The van der Waals surface area contributed by atoms with Gasteiger partial charge < -0.3 is 4.90 Å². The molecule has 2 aliphatic heterocycles. The number of benzene rings is 2. The number of fused-ring (bicyclic) bond motifs is 4. The smallest absolute Gasteiger partial charge is 0.256 e. The average Bonchev–Trinajstić information content (AvgIpc) is 3.49. The van der Waals surface area contributed by atoms with Crippen molar-refractivity contribution in [3.8, 4) is 16.9 Å². The second-order valence-electron chi connectivity index (χ2n) is 9.09. The molecule has 6 rings (SSSR count). The zero-order chi connectivity index (χ0) is 25.1. The fourth-order valence-electron chi connectivity index (χ4n) is 5.53. The molecular formula is C25H20F4N6O. The van der Waals surface area contributed by atoms with E-state index in [1.165, 1.54) is 40.1 Å². The van der Waals surface area contributed by atoms with Gasteiger partial charge in [0, 0.05) is 30.3 Å². The largest absolute Gasteiger partial charge is 0.327 e. The summed E-state index contributed by atoms with van der Waals surface area (Å²) < 4.78 is 57.3. The van der Waals surface area contributed by atoms with Gasteiger partial charge in [0.15, 0.2) is 17.5 Å². The number of amides is 1. The maximum absolute atomic E-state index is 14.1. The topological polar surface area (TPSA) is 68.8 Å². The summed E-state index contributed by atoms with van der Waals surface area (Å²) in [6.07, 6.45) is 5.54. The molecule has 0 unspecified atom stereocenters. The van der Waals surface area contributed by atoms with Crippen LogP contribution >= 0.6 is 0 Å². The Morgan fingerprint density at radius 3 is 2.44 bits per heavy atom. The monoisotopic (exact) mass is 496 g/mol. The number of carbonyl (C=O) groups excluding carboxylic acids is 1. The van der Waals surface area contributed by atoms with Gasteiger partial charge in [0.05, 0.1) is 35.4 Å². The molecule has 0 spiro atoms. The van der Waals surface area contributed by atoms with Gasteiger partial charge in [0.1, 0.15) is 11.5 Å². The highest BCUT2D eigenvalue weighted by Crippen LogP contribution is 2.45. The molecule has 2 atom stereocenters. The first-order valence-corrected chi connectivity index (χ1v) is 11.5. The first-order chi connectivity index (χ1) is 17.3. The summed E-state index contributed by atoms with van der Waals surface area (Å²) in [7, 11) is 1.66. The van der Waals surface area contributed by atoms with Gasteiger partial charge in [-0.05, 0) is 49.9 Å². The van der Waals surface area contributed by atoms with Crippen molar-refractivity contribution in [2.45, 2.75) is 37.8 Å². The zero-order valence-electron chi connectivity index (χ0n) is 19.1. The zero-order valence-corrected chi connectivity index (χ0v) is 19.1. The lowest BCUT2D eigenvalue weighted by molar-refractivity contribution is 0.0391. The quantitative estimate of drug-likeness (QED) is 0.309. The first-order valence-electron chi connectivity index (χ1n) is 11.5. The number of halogens is 4. The average molecular weight is 496 g/mol. The van der Waals surface area contributed by atoms with E-state index < -0.39 is 23.3 Å². The van der Waals surface area contributed by atoms with Crippen LogP contribution in [0.25, 0.3) is 16.9 Å². The van der Waals surface area contributed by atoms with Gasteiger partial charge in [-0.15, -0.1) is 0 Å². The molecule has 2 aromatic carbocycles. The summed E-state index contributed by atoms with van der Waals surface area (Å²) in [5, 5.41) is 12.8. The highest BCUT2D eigenvalue weighted by Gasteiger charge is 2.44. The molecule has 2 aliphatic rings. The Bertz CT molecular complexity index is 1480. The van der Waals surface area contributed by atoms with Crippen molar-refractivity contribution in [1.82, 2.24) is 29.7 Å². The third kappa shape index (κ3) is 3.41. The van der Waals surface area contributed by atoms with Crippen LogP contribution in [0.5, 0.6) is 0 Å². The predicted molar refractivity (Wildman–Crippen MR) is 120 cm³/mol. The SMILES string of the molecule is Cn1nc2c(c1-c1cc(F)c(F)c(F)c1)C[C@H]1CCC[C@H]2N1C(=O)c1ccc(F)cc1-n1nccn1. The highest BCUT2D eigenvalue weighted by atomic mass is 19.2. The molecule has 0 saturated carbocycles. The van der Waals surface area contributed by atoms with Crippen LogP contribution in [0.1, 0.15) is 46.9 Å². The number of rotatable bonds is 3. The van der Waals surface area contributed by atoms with E-state index in [9.17, 15) is 22.4 Å². The van der Waals surface area contributed by atoms with Crippen LogP contribution in [-0.2, 0) is 13.5 Å². The summed E-state index contributed by atoms with van der Waals surface area (Å²) in [5.41, 5.74) is 2.60. The summed E-state index contributed by atoms with van der Waals surface area (Å²) in [5.74, 6) is -4.89. The summed E-state index contributed by atoms with van der Waals surface area (Å²) in [6, 6.07) is 5.21. The number of piperidine rings is 1. The molecule has 184 valence electrons. The van der Waals surface area contributed by atoms with Gasteiger partial charge in [-0.3, -0.25) is 9.48 Å². The number of hydrogen-bond donors (Lipinski definition) is 0. The highest BCUT2D eigenvalue weighted by molar-refractivity contribution is 5.98. The van der Waals surface area contributed by atoms with Crippen LogP contribution in [0.4, 0.5) is 17.6 Å². The Hall–Kier alpha value is -4.02. The standard InChI is InChI=1S/C25H20F4N6O/c1-33-24(13-9-18(27)22(29)19(28)10-13)17-12-15-3-2-4-20(23(17)32-33)34(15)25(36)16-6-5-14(26)11-21(16)35-30-7-8-31-35/h5-11,15,20H,2-4,12H2,1H3/t15-,20-/m1/s1. The molecule has 7 nitrogen and oxygen atoms in total. The fraction of sp³-hybridized carbons (Fsp3) is 0.280. The molecule has 0 N–H and O–H groups in total. The minimum atomic E-state index is -1.52. The molecular weight excluding hydrogens is 476 g/mol. The van der Waals surface area contributed by atoms with E-state index in [0.717, 1.165) is 30.5 Å². The molecule has 36 heavy (non-hydrogen) atoms. The van der Waals surface area contributed by atoms with E-state index in [2.05, 4.69) is 15.3 Å². The second kappa shape index (κ2) is 8.28. The van der Waals surface area contributed by atoms with Crippen LogP contribution in [0.15, 0.2) is 42.7 Å². The Balaban J connectivity index is 1.44. The van der Waals surface area contributed by atoms with E-state index in [4.69, 9.17) is 0 Å². The number of hydrogen-bond acceptors (Lipinski definition) is 4. The van der Waals surface area contributed by atoms with Crippen LogP contribution in [0.3, 0.4) is 0 Å². The fourth-order valence-corrected chi connectivity index (χ4v) is 5.53. The van der Waals surface area contributed by atoms with Crippen LogP contribution in [-0.4, -0.2) is 41.6 Å². The van der Waals surface area contributed by atoms with Gasteiger partial charge in [0.25, 0.3) is 5.91 Å². The van der Waals surface area contributed by atoms with Crippen LogP contribution in [0.2, 0.25) is 0 Å². The Kier molecular flexibility index (Phi) is 5.16. The molecule has 1 amide bonds. The first kappa shape index (κ1) is 22.4. The van der Waals surface area contributed by atoms with E-state index in [1.54, 1.807) is 11.9 Å². The van der Waals surface area contributed by atoms with Crippen molar-refractivity contribution in [2.24, 2.45) is 7.05 Å². The molecule has 4 heterocycles. The molecule has 11 heteroatoms. The number of aryl methyl sites for hydroxylation is 1. The molecule has 2 bridgehead atoms. The van der Waals surface area contributed by atoms with E-state index in [0.29, 0.717) is 24.2 Å². The van der Waals surface area contributed by atoms with Gasteiger partial charge in [-0.25, -0.2) is 17.6 Å². The third-order valence-electron chi connectivity index (χ3n) is 6.99. The van der Waals surface area contributed by atoms with Gasteiger partial charge in [0.2, 0.25) is 0 Å². The lowest BCUT2D eigenvalue weighted by Crippen LogP contribution is -2.50. The van der Waals surface area contributed by atoms with Crippen LogP contribution < -0.4 is 0 Å². The summed E-state index contributed by atoms with van der Waals surface area (Å²) >= 11 is 0. The second-order valence-corrected chi connectivity index (χ2v) is 9.09. The number of aromatic nitrogens is 5. The van der Waals surface area contributed by atoms with E-state index in [-0.39, 0.29) is 34.8 Å². The Morgan fingerprint density at radius 1 is 1.00 bits per heavy atom. The maximum Gasteiger partial charge on any atom is 0.256 e. The number of nitrogens with zero attached hydrogens (tertiary/aromatic N) is 6. The minimum Gasteiger partial charge on any atom is -0.327 e. The van der Waals surface area contributed by atoms with Crippen molar-refractivity contribution < 1.29 is 22.4 Å². The predicted octanol–water partition coefficient (Wildman–Crippen LogP) is 4.52. The van der Waals surface area contributed by atoms with Gasteiger partial charge in [-0.2, -0.15) is 20.1 Å². The Labute approximate surface area is 202 Å². The minimum absolute atomic E-state index is 0.186. The summed E-state index contributed by atoms with van der Waals surface area (Å²) in [6.45, 7) is 0. The summed E-state index contributed by atoms with van der Waals surface area (Å²) in [4.78, 5) is 16.9. The molecule has 2 aromatic heterocycles. The third-order valence-corrected chi connectivity index (χ3v) is 6.99. The van der Waals surface area contributed by atoms with Gasteiger partial charge >= 0.3 is 0 Å². The van der Waals surface area contributed by atoms with Crippen molar-refractivity contribution in [3.05, 3.63) is 82.8 Å². The number of carbonyl (C=O) groups is 1. The normalized spacial score (nSPS) is 18.9. The Morgan fingerprint density at radius 2 is 1.72 bits per heavy atom. The van der Waals surface area contributed by atoms with Crippen molar-refractivity contribution in [3.63, 3.8) is 0 Å². The van der Waals surface area contributed by atoms with Crippen molar-refractivity contribution >= 4 is 5.91 Å². The molecule has 0 radical (unpaired) electrons. The van der Waals surface area contributed by atoms with E-state index in [1.807, 2.05) is 0 Å². The van der Waals surface area contributed by atoms with Gasteiger partial charge in [-0.1, -0.05) is 0 Å². The van der Waals surface area contributed by atoms with Crippen LogP contribution in [0, 0.1) is 23.3 Å². The van der Waals surface area contributed by atoms with E-state index >= 15 is 0 Å². The lowest BCUT2D eigenvalue weighted by Gasteiger charge is -2.45. The maximum atomic E-state index is 14.1. The molecule has 1 fully saturated rings.